The maximum absolute atomic E-state index is 12.2. The SMILES string of the molecule is Cc1ccc(CN(C)C(=O)COc2ccc([N+](=O)[O-])cc2C=O)cc1. The number of hydrogen-bond acceptors (Lipinski definition) is 5. The Morgan fingerprint density at radius 2 is 1.92 bits per heavy atom. The second kappa shape index (κ2) is 8.05. The summed E-state index contributed by atoms with van der Waals surface area (Å²) in [7, 11) is 1.65. The number of nitrogens with zero attached hydrogens (tertiary/aromatic N) is 2. The summed E-state index contributed by atoms with van der Waals surface area (Å²) in [4.78, 5) is 34.8. The molecule has 2 aromatic carbocycles. The van der Waals surface area contributed by atoms with E-state index in [1.54, 1.807) is 7.05 Å². The van der Waals surface area contributed by atoms with Crippen molar-refractivity contribution in [2.45, 2.75) is 13.5 Å². The number of nitro benzene ring substituents is 1. The fourth-order valence-corrected chi connectivity index (χ4v) is 2.18. The molecule has 0 saturated heterocycles. The van der Waals surface area contributed by atoms with Gasteiger partial charge in [0.15, 0.2) is 12.9 Å². The van der Waals surface area contributed by atoms with Gasteiger partial charge in [0.25, 0.3) is 11.6 Å². The Kier molecular flexibility index (Phi) is 5.84. The zero-order valence-electron chi connectivity index (χ0n) is 14.0. The van der Waals surface area contributed by atoms with E-state index in [2.05, 4.69) is 0 Å². The monoisotopic (exact) mass is 342 g/mol. The lowest BCUT2D eigenvalue weighted by atomic mass is 10.1. The molecule has 2 aromatic rings. The zero-order chi connectivity index (χ0) is 18.4. The highest BCUT2D eigenvalue weighted by atomic mass is 16.6. The van der Waals surface area contributed by atoms with Gasteiger partial charge in [-0.3, -0.25) is 19.7 Å². The minimum absolute atomic E-state index is 0.0307. The number of carbonyl (C=O) groups is 2. The molecule has 0 aliphatic carbocycles. The Morgan fingerprint density at radius 3 is 2.52 bits per heavy atom. The standard InChI is InChI=1S/C18H18N2O5/c1-13-3-5-14(6-4-13)10-19(2)18(22)12-25-17-8-7-16(20(23)24)9-15(17)11-21/h3-9,11H,10,12H2,1-2H3. The Labute approximate surface area is 145 Å². The van der Waals surface area contributed by atoms with E-state index in [0.29, 0.717) is 12.8 Å². The molecule has 1 amide bonds. The van der Waals surface area contributed by atoms with E-state index in [-0.39, 0.29) is 29.5 Å². The van der Waals surface area contributed by atoms with Crippen LogP contribution in [0.15, 0.2) is 42.5 Å². The number of nitro groups is 1. The fourth-order valence-electron chi connectivity index (χ4n) is 2.18. The summed E-state index contributed by atoms with van der Waals surface area (Å²) in [6, 6.07) is 11.5. The van der Waals surface area contributed by atoms with Gasteiger partial charge in [0.2, 0.25) is 0 Å². The summed E-state index contributed by atoms with van der Waals surface area (Å²) >= 11 is 0. The van der Waals surface area contributed by atoms with Crippen molar-refractivity contribution < 1.29 is 19.2 Å². The van der Waals surface area contributed by atoms with Crippen molar-refractivity contribution in [1.29, 1.82) is 0 Å². The molecule has 0 unspecified atom stereocenters. The summed E-state index contributed by atoms with van der Waals surface area (Å²) in [5, 5.41) is 10.7. The topological polar surface area (TPSA) is 89.8 Å². The second-order valence-electron chi connectivity index (χ2n) is 5.62. The van der Waals surface area contributed by atoms with Gasteiger partial charge in [0.05, 0.1) is 10.5 Å². The van der Waals surface area contributed by atoms with Crippen molar-refractivity contribution in [3.05, 3.63) is 69.3 Å². The van der Waals surface area contributed by atoms with Crippen LogP contribution in [-0.4, -0.2) is 35.7 Å². The molecule has 0 heterocycles. The van der Waals surface area contributed by atoms with Gasteiger partial charge in [-0.2, -0.15) is 0 Å². The van der Waals surface area contributed by atoms with Gasteiger partial charge >= 0.3 is 0 Å². The fraction of sp³-hybridized carbons (Fsp3) is 0.222. The molecule has 0 radical (unpaired) electrons. The number of non-ortho nitro benzene ring substituents is 1. The molecule has 25 heavy (non-hydrogen) atoms. The number of aldehydes is 1. The Balaban J connectivity index is 1.98. The Hall–Kier alpha value is -3.22. The highest BCUT2D eigenvalue weighted by Crippen LogP contribution is 2.22. The quantitative estimate of drug-likeness (QED) is 0.438. The van der Waals surface area contributed by atoms with Gasteiger partial charge in [0, 0.05) is 25.7 Å². The molecule has 0 aliphatic heterocycles. The molecule has 0 spiro atoms. The van der Waals surface area contributed by atoms with Gasteiger partial charge in [0.1, 0.15) is 5.75 Å². The van der Waals surface area contributed by atoms with E-state index in [9.17, 15) is 19.7 Å². The first-order chi connectivity index (χ1) is 11.9. The molecule has 0 fully saturated rings. The van der Waals surface area contributed by atoms with Crippen molar-refractivity contribution in [1.82, 2.24) is 4.90 Å². The van der Waals surface area contributed by atoms with Gasteiger partial charge in [-0.25, -0.2) is 0 Å². The number of rotatable bonds is 7. The normalized spacial score (nSPS) is 10.2. The van der Waals surface area contributed by atoms with E-state index >= 15 is 0 Å². The number of amides is 1. The largest absolute Gasteiger partial charge is 0.483 e. The molecule has 7 heteroatoms. The maximum atomic E-state index is 12.2. The number of ether oxygens (including phenoxy) is 1. The van der Waals surface area contributed by atoms with Gasteiger partial charge < -0.3 is 9.64 Å². The molecule has 7 nitrogen and oxygen atoms in total. The summed E-state index contributed by atoms with van der Waals surface area (Å²) < 4.78 is 5.36. The van der Waals surface area contributed by atoms with Crippen LogP contribution in [0.5, 0.6) is 5.75 Å². The molecule has 0 saturated carbocycles. The van der Waals surface area contributed by atoms with Crippen molar-refractivity contribution in [3.63, 3.8) is 0 Å². The van der Waals surface area contributed by atoms with Crippen LogP contribution in [0, 0.1) is 17.0 Å². The van der Waals surface area contributed by atoms with Crippen LogP contribution in [0.3, 0.4) is 0 Å². The van der Waals surface area contributed by atoms with E-state index in [1.165, 1.54) is 17.0 Å². The third-order valence-corrected chi connectivity index (χ3v) is 3.65. The maximum Gasteiger partial charge on any atom is 0.270 e. The number of likely N-dealkylation sites (N-methyl/N-ethyl adjacent to an activating group) is 1. The van der Waals surface area contributed by atoms with Crippen molar-refractivity contribution >= 4 is 17.9 Å². The Bertz CT molecular complexity index is 787. The highest BCUT2D eigenvalue weighted by molar-refractivity contribution is 5.82. The number of benzene rings is 2. The first-order valence-corrected chi connectivity index (χ1v) is 7.56. The van der Waals surface area contributed by atoms with Crippen LogP contribution in [0.1, 0.15) is 21.5 Å². The predicted molar refractivity (Wildman–Crippen MR) is 91.6 cm³/mol. The van der Waals surface area contributed by atoms with Crippen LogP contribution >= 0.6 is 0 Å². The molecule has 0 aromatic heterocycles. The lowest BCUT2D eigenvalue weighted by molar-refractivity contribution is -0.384. The van der Waals surface area contributed by atoms with Crippen LogP contribution < -0.4 is 4.74 Å². The van der Waals surface area contributed by atoms with Gasteiger partial charge in [-0.15, -0.1) is 0 Å². The molecule has 0 aliphatic rings. The lowest BCUT2D eigenvalue weighted by Crippen LogP contribution is -2.31. The minimum atomic E-state index is -0.600. The molecule has 130 valence electrons. The number of aryl methyl sites for hydroxylation is 1. The van der Waals surface area contributed by atoms with E-state index in [4.69, 9.17) is 4.74 Å². The molecular formula is C18H18N2O5. The molecule has 2 rings (SSSR count). The van der Waals surface area contributed by atoms with Gasteiger partial charge in [-0.05, 0) is 18.6 Å². The first kappa shape index (κ1) is 18.1. The van der Waals surface area contributed by atoms with Crippen molar-refractivity contribution in [3.8, 4) is 5.75 Å². The van der Waals surface area contributed by atoms with Crippen molar-refractivity contribution in [2.75, 3.05) is 13.7 Å². The van der Waals surface area contributed by atoms with Crippen LogP contribution in [-0.2, 0) is 11.3 Å². The summed E-state index contributed by atoms with van der Waals surface area (Å²) in [6.07, 6.45) is 0.461. The Morgan fingerprint density at radius 1 is 1.24 bits per heavy atom. The first-order valence-electron chi connectivity index (χ1n) is 7.56. The highest BCUT2D eigenvalue weighted by Gasteiger charge is 2.14. The smallest absolute Gasteiger partial charge is 0.270 e. The zero-order valence-corrected chi connectivity index (χ0v) is 14.0. The predicted octanol–water partition coefficient (Wildman–Crippen LogP) is 2.75. The third kappa shape index (κ3) is 4.87. The average molecular weight is 342 g/mol. The number of carbonyl (C=O) groups excluding carboxylic acids is 2. The summed E-state index contributed by atoms with van der Waals surface area (Å²) in [5.41, 5.74) is 1.95. The van der Waals surface area contributed by atoms with Crippen LogP contribution in [0.25, 0.3) is 0 Å². The van der Waals surface area contributed by atoms with Gasteiger partial charge in [-0.1, -0.05) is 29.8 Å². The molecule has 0 N–H and O–H groups in total. The van der Waals surface area contributed by atoms with E-state index in [0.717, 1.165) is 17.2 Å². The average Bonchev–Trinajstić information content (AvgIpc) is 2.61. The number of hydrogen-bond donors (Lipinski definition) is 0. The molecular weight excluding hydrogens is 324 g/mol. The van der Waals surface area contributed by atoms with Crippen LogP contribution in [0.4, 0.5) is 5.69 Å². The van der Waals surface area contributed by atoms with Crippen molar-refractivity contribution in [2.24, 2.45) is 0 Å². The van der Waals surface area contributed by atoms with E-state index in [1.807, 2.05) is 31.2 Å². The summed E-state index contributed by atoms with van der Waals surface area (Å²) in [5.74, 6) is -0.131. The molecule has 0 atom stereocenters. The lowest BCUT2D eigenvalue weighted by Gasteiger charge is -2.18. The second-order valence-corrected chi connectivity index (χ2v) is 5.62. The molecule has 0 bridgehead atoms. The van der Waals surface area contributed by atoms with E-state index < -0.39 is 4.92 Å². The third-order valence-electron chi connectivity index (χ3n) is 3.65. The summed E-state index contributed by atoms with van der Waals surface area (Å²) in [6.45, 7) is 2.16. The minimum Gasteiger partial charge on any atom is -0.483 e. The van der Waals surface area contributed by atoms with Crippen LogP contribution in [0.2, 0.25) is 0 Å².